The van der Waals surface area contributed by atoms with Gasteiger partial charge in [0.05, 0.1) is 6.54 Å². The first kappa shape index (κ1) is 13.3. The van der Waals surface area contributed by atoms with Gasteiger partial charge in [0.1, 0.15) is 5.60 Å². The molecule has 1 aromatic heterocycles. The van der Waals surface area contributed by atoms with Gasteiger partial charge in [-0.2, -0.15) is 0 Å². The lowest BCUT2D eigenvalue weighted by Crippen LogP contribution is -2.37. The SMILES string of the molecule is C/C(=C/C(=O)NCC(C)(O)c1cccs1)C1CC1. The Hall–Kier alpha value is -1.13. The highest BCUT2D eigenvalue weighted by Crippen LogP contribution is 2.35. The molecule has 0 aromatic carbocycles. The van der Waals surface area contributed by atoms with Gasteiger partial charge in [0.2, 0.25) is 5.91 Å². The molecule has 1 aliphatic rings. The number of amides is 1. The lowest BCUT2D eigenvalue weighted by Gasteiger charge is -2.21. The Labute approximate surface area is 112 Å². The van der Waals surface area contributed by atoms with E-state index in [2.05, 4.69) is 5.32 Å². The van der Waals surface area contributed by atoms with Crippen molar-refractivity contribution in [1.82, 2.24) is 5.32 Å². The van der Waals surface area contributed by atoms with Crippen LogP contribution in [-0.2, 0) is 10.4 Å². The molecule has 0 aliphatic heterocycles. The van der Waals surface area contributed by atoms with Crippen LogP contribution in [0.3, 0.4) is 0 Å². The molecule has 0 radical (unpaired) electrons. The van der Waals surface area contributed by atoms with Crippen LogP contribution in [0.1, 0.15) is 31.6 Å². The van der Waals surface area contributed by atoms with E-state index >= 15 is 0 Å². The summed E-state index contributed by atoms with van der Waals surface area (Å²) in [7, 11) is 0. The normalized spacial score (nSPS) is 19.4. The van der Waals surface area contributed by atoms with E-state index in [0.29, 0.717) is 5.92 Å². The fraction of sp³-hybridized carbons (Fsp3) is 0.500. The van der Waals surface area contributed by atoms with E-state index in [1.165, 1.54) is 24.2 Å². The Morgan fingerprint density at radius 1 is 1.67 bits per heavy atom. The minimum atomic E-state index is -0.995. The Kier molecular flexibility index (Phi) is 3.88. The van der Waals surface area contributed by atoms with E-state index in [9.17, 15) is 9.90 Å². The van der Waals surface area contributed by atoms with Crippen LogP contribution in [0.5, 0.6) is 0 Å². The zero-order chi connectivity index (χ0) is 13.2. The molecule has 98 valence electrons. The number of allylic oxidation sites excluding steroid dienone is 1. The average molecular weight is 265 g/mol. The molecular formula is C14H19NO2S. The Morgan fingerprint density at radius 3 is 2.94 bits per heavy atom. The fourth-order valence-electron chi connectivity index (χ4n) is 1.85. The highest BCUT2D eigenvalue weighted by atomic mass is 32.1. The number of nitrogens with one attached hydrogen (secondary N) is 1. The van der Waals surface area contributed by atoms with Gasteiger partial charge in [0, 0.05) is 11.0 Å². The monoisotopic (exact) mass is 265 g/mol. The number of aliphatic hydroxyl groups is 1. The third-order valence-electron chi connectivity index (χ3n) is 3.24. The van der Waals surface area contributed by atoms with E-state index in [0.717, 1.165) is 10.5 Å². The molecule has 1 amide bonds. The lowest BCUT2D eigenvalue weighted by atomic mass is 10.1. The maximum Gasteiger partial charge on any atom is 0.244 e. The maximum atomic E-state index is 11.7. The Bertz CT molecular complexity index is 444. The molecule has 2 rings (SSSR count). The Morgan fingerprint density at radius 2 is 2.39 bits per heavy atom. The second kappa shape index (κ2) is 5.24. The van der Waals surface area contributed by atoms with Crippen LogP contribution in [-0.4, -0.2) is 17.6 Å². The molecule has 3 nitrogen and oxygen atoms in total. The minimum absolute atomic E-state index is 0.115. The van der Waals surface area contributed by atoms with E-state index in [1.54, 1.807) is 13.0 Å². The van der Waals surface area contributed by atoms with Crippen LogP contribution in [0.25, 0.3) is 0 Å². The number of thiophene rings is 1. The number of rotatable bonds is 5. The molecule has 4 heteroatoms. The quantitative estimate of drug-likeness (QED) is 0.803. The molecule has 0 bridgehead atoms. The van der Waals surface area contributed by atoms with E-state index in [1.807, 2.05) is 24.4 Å². The number of hydrogen-bond acceptors (Lipinski definition) is 3. The van der Waals surface area contributed by atoms with Crippen molar-refractivity contribution in [1.29, 1.82) is 0 Å². The van der Waals surface area contributed by atoms with Gasteiger partial charge in [-0.25, -0.2) is 0 Å². The molecule has 0 spiro atoms. The molecule has 1 unspecified atom stereocenters. The van der Waals surface area contributed by atoms with Crippen molar-refractivity contribution in [3.8, 4) is 0 Å². The standard InChI is InChI=1S/C14H19NO2S/c1-10(11-5-6-11)8-13(16)15-9-14(2,17)12-4-3-7-18-12/h3-4,7-8,11,17H,5-6,9H2,1-2H3,(H,15,16)/b10-8-. The zero-order valence-corrected chi connectivity index (χ0v) is 11.6. The van der Waals surface area contributed by atoms with Crippen LogP contribution >= 0.6 is 11.3 Å². The first-order valence-corrected chi connectivity index (χ1v) is 7.09. The smallest absolute Gasteiger partial charge is 0.244 e. The second-order valence-electron chi connectivity index (χ2n) is 5.13. The van der Waals surface area contributed by atoms with Crippen LogP contribution in [0, 0.1) is 5.92 Å². The highest BCUT2D eigenvalue weighted by molar-refractivity contribution is 7.10. The molecule has 2 N–H and O–H groups in total. The van der Waals surface area contributed by atoms with Gasteiger partial charge in [-0.1, -0.05) is 11.6 Å². The summed E-state index contributed by atoms with van der Waals surface area (Å²) in [6.45, 7) is 3.95. The zero-order valence-electron chi connectivity index (χ0n) is 10.8. The maximum absolute atomic E-state index is 11.7. The summed E-state index contributed by atoms with van der Waals surface area (Å²) >= 11 is 1.49. The summed E-state index contributed by atoms with van der Waals surface area (Å²) in [6.07, 6.45) is 4.05. The van der Waals surface area contributed by atoms with Crippen LogP contribution in [0.4, 0.5) is 0 Å². The predicted octanol–water partition coefficient (Wildman–Crippen LogP) is 2.43. The third-order valence-corrected chi connectivity index (χ3v) is 4.36. The molecule has 1 aromatic rings. The molecule has 1 fully saturated rings. The summed E-state index contributed by atoms with van der Waals surface area (Å²) in [5, 5.41) is 14.9. The highest BCUT2D eigenvalue weighted by Gasteiger charge is 2.26. The first-order chi connectivity index (χ1) is 8.49. The van der Waals surface area contributed by atoms with Crippen molar-refractivity contribution in [2.45, 2.75) is 32.3 Å². The average Bonchev–Trinajstić information content (AvgIpc) is 3.01. The topological polar surface area (TPSA) is 49.3 Å². The van der Waals surface area contributed by atoms with Crippen LogP contribution in [0.2, 0.25) is 0 Å². The summed E-state index contributed by atoms with van der Waals surface area (Å²) in [6, 6.07) is 3.77. The van der Waals surface area contributed by atoms with Crippen LogP contribution < -0.4 is 5.32 Å². The second-order valence-corrected chi connectivity index (χ2v) is 6.08. The molecule has 18 heavy (non-hydrogen) atoms. The van der Waals surface area contributed by atoms with E-state index in [-0.39, 0.29) is 12.5 Å². The summed E-state index contributed by atoms with van der Waals surface area (Å²) in [5.74, 6) is 0.491. The van der Waals surface area contributed by atoms with Crippen LogP contribution in [0.15, 0.2) is 29.2 Å². The molecule has 1 aliphatic carbocycles. The van der Waals surface area contributed by atoms with Crippen molar-refractivity contribution in [3.63, 3.8) is 0 Å². The van der Waals surface area contributed by atoms with Crippen molar-refractivity contribution in [2.75, 3.05) is 6.54 Å². The van der Waals surface area contributed by atoms with Crippen molar-refractivity contribution >= 4 is 17.2 Å². The summed E-state index contributed by atoms with van der Waals surface area (Å²) < 4.78 is 0. The minimum Gasteiger partial charge on any atom is -0.383 e. The van der Waals surface area contributed by atoms with Crippen molar-refractivity contribution in [3.05, 3.63) is 34.0 Å². The van der Waals surface area contributed by atoms with Crippen molar-refractivity contribution in [2.24, 2.45) is 5.92 Å². The van der Waals surface area contributed by atoms with Gasteiger partial charge in [-0.05, 0) is 44.1 Å². The first-order valence-electron chi connectivity index (χ1n) is 6.21. The van der Waals surface area contributed by atoms with Crippen molar-refractivity contribution < 1.29 is 9.90 Å². The van der Waals surface area contributed by atoms with Gasteiger partial charge >= 0.3 is 0 Å². The van der Waals surface area contributed by atoms with E-state index in [4.69, 9.17) is 0 Å². The Balaban J connectivity index is 1.87. The van der Waals surface area contributed by atoms with E-state index < -0.39 is 5.60 Å². The largest absolute Gasteiger partial charge is 0.383 e. The predicted molar refractivity (Wildman–Crippen MR) is 73.4 cm³/mol. The summed E-state index contributed by atoms with van der Waals surface area (Å²) in [4.78, 5) is 12.6. The van der Waals surface area contributed by atoms with Gasteiger partial charge in [-0.3, -0.25) is 4.79 Å². The molecular weight excluding hydrogens is 246 g/mol. The molecule has 1 heterocycles. The van der Waals surface area contributed by atoms with Gasteiger partial charge in [0.15, 0.2) is 0 Å². The number of hydrogen-bond donors (Lipinski definition) is 2. The lowest BCUT2D eigenvalue weighted by molar-refractivity contribution is -0.117. The third kappa shape index (κ3) is 3.43. The van der Waals surface area contributed by atoms with Gasteiger partial charge < -0.3 is 10.4 Å². The number of carbonyl (C=O) groups excluding carboxylic acids is 1. The number of carbonyl (C=O) groups is 1. The summed E-state index contributed by atoms with van der Waals surface area (Å²) in [5.41, 5.74) is 0.147. The fourth-order valence-corrected chi connectivity index (χ4v) is 2.63. The molecule has 1 atom stereocenters. The molecule has 0 saturated heterocycles. The van der Waals surface area contributed by atoms with Gasteiger partial charge in [-0.15, -0.1) is 11.3 Å². The van der Waals surface area contributed by atoms with Gasteiger partial charge in [0.25, 0.3) is 0 Å². The molecule has 1 saturated carbocycles.